The molecule has 1 nitrogen and oxygen atoms in total. The van der Waals surface area contributed by atoms with Crippen LogP contribution in [0.2, 0.25) is 0 Å². The Bertz CT molecular complexity index is 820. The third kappa shape index (κ3) is 1.58. The Morgan fingerprint density at radius 1 is 0.714 bits per heavy atom. The summed E-state index contributed by atoms with van der Waals surface area (Å²) in [6, 6.07) is 24.3. The molecule has 0 heterocycles. The zero-order valence-electron chi connectivity index (χ0n) is 11.8. The molecular formula is C20H15O. The van der Waals surface area contributed by atoms with Crippen LogP contribution in [0.1, 0.15) is 23.6 Å². The van der Waals surface area contributed by atoms with Crippen molar-refractivity contribution >= 4 is 0 Å². The molecule has 1 atom stereocenters. The van der Waals surface area contributed by atoms with Crippen LogP contribution < -0.4 is 0 Å². The van der Waals surface area contributed by atoms with Crippen molar-refractivity contribution in [2.45, 2.75) is 12.3 Å². The average molecular weight is 271 g/mol. The predicted molar refractivity (Wildman–Crippen MR) is 84.0 cm³/mol. The molecule has 1 aliphatic rings. The van der Waals surface area contributed by atoms with Crippen LogP contribution in [-0.2, 0) is 10.5 Å². The van der Waals surface area contributed by atoms with Crippen molar-refractivity contribution in [3.8, 4) is 16.9 Å². The molecule has 0 aliphatic heterocycles. The van der Waals surface area contributed by atoms with Crippen LogP contribution in [0.25, 0.3) is 11.1 Å². The van der Waals surface area contributed by atoms with Gasteiger partial charge in [0.2, 0.25) is 0 Å². The molecule has 1 radical (unpaired) electrons. The number of rotatable bonds is 1. The summed E-state index contributed by atoms with van der Waals surface area (Å²) in [6.45, 7) is 2.21. The van der Waals surface area contributed by atoms with Crippen molar-refractivity contribution in [3.63, 3.8) is 0 Å². The van der Waals surface area contributed by atoms with Gasteiger partial charge in [-0.15, -0.1) is 0 Å². The molecule has 4 rings (SSSR count). The van der Waals surface area contributed by atoms with E-state index in [1.807, 2.05) is 12.1 Å². The maximum absolute atomic E-state index is 11.9. The van der Waals surface area contributed by atoms with Gasteiger partial charge in [0.25, 0.3) is 0 Å². The average Bonchev–Trinajstić information content (AvgIpc) is 2.79. The van der Waals surface area contributed by atoms with E-state index < -0.39 is 0 Å². The summed E-state index contributed by atoms with van der Waals surface area (Å²) in [7, 11) is 0. The highest BCUT2D eigenvalue weighted by Gasteiger charge is 2.40. The van der Waals surface area contributed by atoms with Crippen LogP contribution in [0.4, 0.5) is 0 Å². The molecule has 0 aromatic heterocycles. The van der Waals surface area contributed by atoms with Crippen molar-refractivity contribution in [1.29, 1.82) is 0 Å². The highest BCUT2D eigenvalue weighted by molar-refractivity contribution is 5.83. The molecule has 1 aliphatic carbocycles. The molecule has 0 saturated carbocycles. The first-order valence-electron chi connectivity index (χ1n) is 7.18. The van der Waals surface area contributed by atoms with Crippen LogP contribution in [0.15, 0.2) is 72.8 Å². The summed E-state index contributed by atoms with van der Waals surface area (Å²) < 4.78 is 0. The Morgan fingerprint density at radius 2 is 1.38 bits per heavy atom. The maximum Gasteiger partial charge on any atom is 0.178 e. The molecule has 0 spiro atoms. The first-order valence-corrected chi connectivity index (χ1v) is 7.18. The van der Waals surface area contributed by atoms with Gasteiger partial charge >= 0.3 is 0 Å². The fourth-order valence-electron chi connectivity index (χ4n) is 3.55. The van der Waals surface area contributed by atoms with Gasteiger partial charge in [-0.25, -0.2) is 0 Å². The minimum absolute atomic E-state index is 0.0729. The normalized spacial score (nSPS) is 19.1. The third-order valence-corrected chi connectivity index (χ3v) is 4.64. The predicted octanol–water partition coefficient (Wildman–Crippen LogP) is 5.17. The Kier molecular flexibility index (Phi) is 2.46. The van der Waals surface area contributed by atoms with Crippen molar-refractivity contribution in [2.24, 2.45) is 0 Å². The SMILES string of the molecule is CC1(c2ccccc2)c2ccccc2-c2ccc([O])cc21. The Balaban J connectivity index is 2.10. The van der Waals surface area contributed by atoms with Gasteiger partial charge in [-0.3, -0.25) is 5.11 Å². The second kappa shape index (κ2) is 4.23. The monoisotopic (exact) mass is 271 g/mol. The van der Waals surface area contributed by atoms with E-state index >= 15 is 0 Å². The van der Waals surface area contributed by atoms with Gasteiger partial charge in [-0.1, -0.05) is 60.7 Å². The van der Waals surface area contributed by atoms with E-state index in [-0.39, 0.29) is 11.2 Å². The second-order valence-electron chi connectivity index (χ2n) is 5.74. The maximum atomic E-state index is 11.9. The Morgan fingerprint density at radius 3 is 2.19 bits per heavy atom. The molecule has 1 heteroatoms. The Labute approximate surface area is 124 Å². The number of benzene rings is 3. The highest BCUT2D eigenvalue weighted by atomic mass is 16.3. The number of hydrogen-bond donors (Lipinski definition) is 0. The lowest BCUT2D eigenvalue weighted by Gasteiger charge is -2.28. The summed E-state index contributed by atoms with van der Waals surface area (Å²) in [4.78, 5) is 0. The van der Waals surface area contributed by atoms with Crippen LogP contribution >= 0.6 is 0 Å². The fourth-order valence-corrected chi connectivity index (χ4v) is 3.55. The minimum atomic E-state index is -0.256. The molecule has 101 valence electrons. The van der Waals surface area contributed by atoms with Gasteiger partial charge in [0.05, 0.1) is 0 Å². The van der Waals surface area contributed by atoms with E-state index in [4.69, 9.17) is 0 Å². The van der Waals surface area contributed by atoms with Crippen LogP contribution in [0.3, 0.4) is 0 Å². The zero-order chi connectivity index (χ0) is 14.4. The first-order chi connectivity index (χ1) is 10.2. The molecule has 3 aromatic carbocycles. The standard InChI is InChI=1S/C20H15O/c1-20(14-7-3-2-4-8-14)18-10-6-5-9-16(18)17-12-11-15(21)13-19(17)20/h2-13H,1H3. The highest BCUT2D eigenvalue weighted by Crippen LogP contribution is 2.52. The quantitative estimate of drug-likeness (QED) is 0.582. The van der Waals surface area contributed by atoms with Crippen LogP contribution in [0, 0.1) is 0 Å². The van der Waals surface area contributed by atoms with Crippen LogP contribution in [0.5, 0.6) is 5.75 Å². The van der Waals surface area contributed by atoms with Crippen molar-refractivity contribution in [2.75, 3.05) is 0 Å². The van der Waals surface area contributed by atoms with E-state index in [0.29, 0.717) is 0 Å². The lowest BCUT2D eigenvalue weighted by Crippen LogP contribution is -2.22. The number of hydrogen-bond acceptors (Lipinski definition) is 0. The van der Waals surface area contributed by atoms with Gasteiger partial charge in [0.1, 0.15) is 0 Å². The summed E-state index contributed by atoms with van der Waals surface area (Å²) in [5.41, 5.74) is 5.77. The molecule has 0 amide bonds. The van der Waals surface area contributed by atoms with E-state index in [1.54, 1.807) is 12.1 Å². The summed E-state index contributed by atoms with van der Waals surface area (Å²) in [6.07, 6.45) is 0. The lowest BCUT2D eigenvalue weighted by molar-refractivity contribution is 0.354. The molecular weight excluding hydrogens is 256 g/mol. The molecule has 3 aromatic rings. The fraction of sp³-hybridized carbons (Fsp3) is 0.100. The summed E-state index contributed by atoms with van der Waals surface area (Å²) in [5, 5.41) is 11.9. The topological polar surface area (TPSA) is 19.9 Å². The molecule has 0 N–H and O–H groups in total. The largest absolute Gasteiger partial charge is 0.290 e. The van der Waals surface area contributed by atoms with Crippen molar-refractivity contribution in [3.05, 3.63) is 89.5 Å². The number of fused-ring (bicyclic) bond motifs is 3. The van der Waals surface area contributed by atoms with E-state index in [1.165, 1.54) is 22.3 Å². The van der Waals surface area contributed by atoms with Gasteiger partial charge < -0.3 is 0 Å². The zero-order valence-corrected chi connectivity index (χ0v) is 11.8. The molecule has 21 heavy (non-hydrogen) atoms. The van der Waals surface area contributed by atoms with Gasteiger partial charge in [0.15, 0.2) is 5.75 Å². The van der Waals surface area contributed by atoms with Gasteiger partial charge in [-0.05, 0) is 46.9 Å². The second-order valence-corrected chi connectivity index (χ2v) is 5.74. The van der Waals surface area contributed by atoms with Gasteiger partial charge in [0, 0.05) is 5.41 Å². The van der Waals surface area contributed by atoms with Crippen molar-refractivity contribution < 1.29 is 5.11 Å². The molecule has 0 fully saturated rings. The molecule has 0 saturated heterocycles. The van der Waals surface area contributed by atoms with Crippen LogP contribution in [-0.4, -0.2) is 0 Å². The van der Waals surface area contributed by atoms with Gasteiger partial charge in [-0.2, -0.15) is 0 Å². The summed E-state index contributed by atoms with van der Waals surface area (Å²) >= 11 is 0. The smallest absolute Gasteiger partial charge is 0.178 e. The lowest BCUT2D eigenvalue weighted by atomic mass is 9.74. The van der Waals surface area contributed by atoms with E-state index in [9.17, 15) is 5.11 Å². The summed E-state index contributed by atoms with van der Waals surface area (Å²) in [5.74, 6) is 0.0729. The minimum Gasteiger partial charge on any atom is -0.290 e. The molecule has 1 unspecified atom stereocenters. The van der Waals surface area contributed by atoms with E-state index in [0.717, 1.165) is 5.56 Å². The third-order valence-electron chi connectivity index (χ3n) is 4.64. The van der Waals surface area contributed by atoms with Crippen molar-refractivity contribution in [1.82, 2.24) is 0 Å². The van der Waals surface area contributed by atoms with E-state index in [2.05, 4.69) is 55.5 Å². The first kappa shape index (κ1) is 12.2. The molecule has 0 bridgehead atoms. The Hall–Kier alpha value is -2.54.